The van der Waals surface area contributed by atoms with Gasteiger partial charge in [0.2, 0.25) is 5.91 Å². The lowest BCUT2D eigenvalue weighted by Crippen LogP contribution is -2.46. The van der Waals surface area contributed by atoms with Crippen molar-refractivity contribution in [2.75, 3.05) is 6.61 Å². The number of esters is 1. The first kappa shape index (κ1) is 62.1. The number of ether oxygens (including phenoxy) is 1. The first-order valence-corrected chi connectivity index (χ1v) is 28.2. The van der Waals surface area contributed by atoms with Crippen LogP contribution in [0, 0.1) is 0 Å². The summed E-state index contributed by atoms with van der Waals surface area (Å²) in [4.78, 5) is 26.2. The molecule has 0 aromatic rings. The molecule has 0 rings (SSSR count). The standard InChI is InChI=1S/C58H109NO5/c1-4-7-10-13-16-19-22-24-26-28-29-30-32-34-36-39-42-45-48-51-58(63)64-54(49-46-43-40-37-35-33-31-27-25-23-20-17-14-11-8-5-2)52-57(62)59-55(53-60)56(61)50-47-44-41-38-21-18-15-12-9-6-3/h16,19,24,26,29-30,54-56,60-61H,4-15,17-18,20-23,25,27-28,31-53H2,1-3H3,(H,59,62)/b19-16-,26-24-,30-29-. The number of aliphatic hydroxyl groups is 2. The SMILES string of the molecule is CCCCC/C=C\C/C=C\C/C=C\CCCCCCCCC(=O)OC(CCCCCCCCCCCCCCCCCC)CC(=O)NC(CO)C(O)CCCCCCCCCCCC. The van der Waals surface area contributed by atoms with Crippen LogP contribution in [0.5, 0.6) is 0 Å². The maximum absolute atomic E-state index is 13.2. The lowest BCUT2D eigenvalue weighted by atomic mass is 10.0. The lowest BCUT2D eigenvalue weighted by Gasteiger charge is -2.24. The van der Waals surface area contributed by atoms with Crippen LogP contribution in [0.1, 0.15) is 297 Å². The zero-order valence-corrected chi connectivity index (χ0v) is 42.9. The fourth-order valence-electron chi connectivity index (χ4n) is 8.67. The molecule has 1 amide bonds. The molecular formula is C58H109NO5. The summed E-state index contributed by atoms with van der Waals surface area (Å²) in [5, 5.41) is 23.8. The Labute approximate surface area is 398 Å². The smallest absolute Gasteiger partial charge is 0.306 e. The lowest BCUT2D eigenvalue weighted by molar-refractivity contribution is -0.151. The number of nitrogens with one attached hydrogen (secondary N) is 1. The molecule has 6 nitrogen and oxygen atoms in total. The molecule has 0 aromatic heterocycles. The van der Waals surface area contributed by atoms with Crippen LogP contribution in [0.2, 0.25) is 0 Å². The Kier molecular flexibility index (Phi) is 50.5. The maximum atomic E-state index is 13.2. The van der Waals surface area contributed by atoms with Gasteiger partial charge in [-0.3, -0.25) is 9.59 Å². The summed E-state index contributed by atoms with van der Waals surface area (Å²) in [7, 11) is 0. The van der Waals surface area contributed by atoms with E-state index in [1.54, 1.807) is 0 Å². The van der Waals surface area contributed by atoms with Crippen molar-refractivity contribution < 1.29 is 24.5 Å². The van der Waals surface area contributed by atoms with Gasteiger partial charge in [-0.05, 0) is 64.2 Å². The molecule has 0 heterocycles. The maximum Gasteiger partial charge on any atom is 0.306 e. The van der Waals surface area contributed by atoms with Crippen molar-refractivity contribution in [3.63, 3.8) is 0 Å². The number of hydrogen-bond acceptors (Lipinski definition) is 5. The molecule has 0 radical (unpaired) electrons. The molecular weight excluding hydrogens is 791 g/mol. The van der Waals surface area contributed by atoms with E-state index >= 15 is 0 Å². The van der Waals surface area contributed by atoms with Crippen molar-refractivity contribution in [2.45, 2.75) is 315 Å². The molecule has 0 saturated heterocycles. The van der Waals surface area contributed by atoms with E-state index in [1.807, 2.05) is 0 Å². The van der Waals surface area contributed by atoms with Crippen molar-refractivity contribution in [3.8, 4) is 0 Å². The largest absolute Gasteiger partial charge is 0.462 e. The topological polar surface area (TPSA) is 95.9 Å². The highest BCUT2D eigenvalue weighted by Gasteiger charge is 2.24. The van der Waals surface area contributed by atoms with Gasteiger partial charge in [0, 0.05) is 6.42 Å². The highest BCUT2D eigenvalue weighted by Crippen LogP contribution is 2.19. The molecule has 0 fully saturated rings. The van der Waals surface area contributed by atoms with Gasteiger partial charge >= 0.3 is 5.97 Å². The van der Waals surface area contributed by atoms with Crippen molar-refractivity contribution in [3.05, 3.63) is 36.5 Å². The monoisotopic (exact) mass is 900 g/mol. The van der Waals surface area contributed by atoms with Gasteiger partial charge in [-0.15, -0.1) is 0 Å². The second-order valence-electron chi connectivity index (χ2n) is 19.3. The highest BCUT2D eigenvalue weighted by atomic mass is 16.5. The summed E-state index contributed by atoms with van der Waals surface area (Å²) in [6.45, 7) is 6.47. The first-order chi connectivity index (χ1) is 31.5. The molecule has 3 unspecified atom stereocenters. The Morgan fingerprint density at radius 2 is 0.797 bits per heavy atom. The average Bonchev–Trinajstić information content (AvgIpc) is 3.29. The fourth-order valence-corrected chi connectivity index (χ4v) is 8.67. The fraction of sp³-hybridized carbons (Fsp3) is 0.862. The molecule has 0 saturated carbocycles. The van der Waals surface area contributed by atoms with E-state index in [0.717, 1.165) is 70.6 Å². The van der Waals surface area contributed by atoms with Crippen molar-refractivity contribution in [2.24, 2.45) is 0 Å². The summed E-state index contributed by atoms with van der Waals surface area (Å²) < 4.78 is 5.96. The van der Waals surface area contributed by atoms with Crippen LogP contribution in [0.4, 0.5) is 0 Å². The predicted octanol–water partition coefficient (Wildman–Crippen LogP) is 17.2. The molecule has 0 bridgehead atoms. The quantitative estimate of drug-likeness (QED) is 0.0321. The van der Waals surface area contributed by atoms with E-state index in [-0.39, 0.29) is 24.9 Å². The Morgan fingerprint density at radius 1 is 0.453 bits per heavy atom. The number of allylic oxidation sites excluding steroid dienone is 6. The number of amides is 1. The Balaban J connectivity index is 4.54. The third-order valence-electron chi connectivity index (χ3n) is 13.0. The zero-order valence-electron chi connectivity index (χ0n) is 42.9. The van der Waals surface area contributed by atoms with Gasteiger partial charge in [-0.25, -0.2) is 0 Å². The van der Waals surface area contributed by atoms with Crippen molar-refractivity contribution in [1.29, 1.82) is 0 Å². The van der Waals surface area contributed by atoms with Crippen LogP contribution in [0.25, 0.3) is 0 Å². The Morgan fingerprint density at radius 3 is 1.23 bits per heavy atom. The molecule has 0 aromatic carbocycles. The van der Waals surface area contributed by atoms with Crippen LogP contribution in [-0.2, 0) is 14.3 Å². The van der Waals surface area contributed by atoms with Crippen LogP contribution in [0.15, 0.2) is 36.5 Å². The van der Waals surface area contributed by atoms with Gasteiger partial charge < -0.3 is 20.3 Å². The second kappa shape index (κ2) is 52.1. The van der Waals surface area contributed by atoms with E-state index in [4.69, 9.17) is 4.74 Å². The van der Waals surface area contributed by atoms with E-state index in [1.165, 1.54) is 180 Å². The molecule has 64 heavy (non-hydrogen) atoms. The highest BCUT2D eigenvalue weighted by molar-refractivity contribution is 5.77. The van der Waals surface area contributed by atoms with E-state index < -0.39 is 18.2 Å². The summed E-state index contributed by atoms with van der Waals surface area (Å²) in [5.74, 6) is -0.473. The van der Waals surface area contributed by atoms with E-state index in [0.29, 0.717) is 19.3 Å². The summed E-state index contributed by atoms with van der Waals surface area (Å²) in [6.07, 6.45) is 62.1. The number of rotatable bonds is 51. The van der Waals surface area contributed by atoms with Gasteiger partial charge in [0.05, 0.1) is 25.2 Å². The van der Waals surface area contributed by atoms with Crippen molar-refractivity contribution >= 4 is 11.9 Å². The van der Waals surface area contributed by atoms with Gasteiger partial charge in [0.15, 0.2) is 0 Å². The number of aliphatic hydroxyl groups excluding tert-OH is 2. The van der Waals surface area contributed by atoms with Gasteiger partial charge in [-0.2, -0.15) is 0 Å². The summed E-state index contributed by atoms with van der Waals surface area (Å²) in [6, 6.07) is -0.700. The first-order valence-electron chi connectivity index (χ1n) is 28.2. The van der Waals surface area contributed by atoms with Crippen molar-refractivity contribution in [1.82, 2.24) is 5.32 Å². The molecule has 0 aliphatic carbocycles. The number of hydrogen-bond donors (Lipinski definition) is 3. The predicted molar refractivity (Wildman–Crippen MR) is 278 cm³/mol. The molecule has 376 valence electrons. The van der Waals surface area contributed by atoms with Gasteiger partial charge in [0.25, 0.3) is 0 Å². The molecule has 0 aliphatic heterocycles. The van der Waals surface area contributed by atoms with Crippen LogP contribution in [0.3, 0.4) is 0 Å². The summed E-state index contributed by atoms with van der Waals surface area (Å²) >= 11 is 0. The minimum atomic E-state index is -0.786. The molecule has 3 N–H and O–H groups in total. The van der Waals surface area contributed by atoms with Gasteiger partial charge in [-0.1, -0.05) is 256 Å². The number of unbranched alkanes of at least 4 members (excludes halogenated alkanes) is 33. The number of carbonyl (C=O) groups excluding carboxylic acids is 2. The second-order valence-corrected chi connectivity index (χ2v) is 19.3. The normalized spacial score (nSPS) is 13.4. The Bertz CT molecular complexity index is 1060. The van der Waals surface area contributed by atoms with E-state index in [9.17, 15) is 19.8 Å². The molecule has 6 heteroatoms. The summed E-state index contributed by atoms with van der Waals surface area (Å²) in [5.41, 5.74) is 0. The molecule has 0 spiro atoms. The van der Waals surface area contributed by atoms with E-state index in [2.05, 4.69) is 62.5 Å². The Hall–Kier alpha value is -1.92. The minimum Gasteiger partial charge on any atom is -0.462 e. The van der Waals surface area contributed by atoms with Crippen LogP contribution in [-0.4, -0.2) is 46.9 Å². The average molecular weight is 901 g/mol. The molecule has 3 atom stereocenters. The third kappa shape index (κ3) is 46.6. The number of carbonyl (C=O) groups is 2. The minimum absolute atomic E-state index is 0.0766. The zero-order chi connectivity index (χ0) is 46.7. The van der Waals surface area contributed by atoms with Gasteiger partial charge in [0.1, 0.15) is 6.10 Å². The third-order valence-corrected chi connectivity index (χ3v) is 13.0. The molecule has 0 aliphatic rings. The van der Waals surface area contributed by atoms with Crippen LogP contribution >= 0.6 is 0 Å². The van der Waals surface area contributed by atoms with Crippen LogP contribution < -0.4 is 5.32 Å².